The monoisotopic (exact) mass is 421 g/mol. The summed E-state index contributed by atoms with van der Waals surface area (Å²) in [6, 6.07) is 16.8. The summed E-state index contributed by atoms with van der Waals surface area (Å²) < 4.78 is 7.90. The van der Waals surface area contributed by atoms with Crippen LogP contribution in [0.15, 0.2) is 48.5 Å². The molecule has 3 heterocycles. The first-order chi connectivity index (χ1) is 14.7. The van der Waals surface area contributed by atoms with Gasteiger partial charge in [0.2, 0.25) is 0 Å². The van der Waals surface area contributed by atoms with Crippen molar-refractivity contribution in [2.45, 2.75) is 31.5 Å². The van der Waals surface area contributed by atoms with Gasteiger partial charge in [0, 0.05) is 31.7 Å². The van der Waals surface area contributed by atoms with Crippen LogP contribution in [0.1, 0.15) is 35.9 Å². The third kappa shape index (κ3) is 4.13. The van der Waals surface area contributed by atoms with E-state index in [1.165, 1.54) is 4.70 Å². The number of piperidine rings is 1. The number of rotatable bonds is 5. The lowest BCUT2D eigenvalue weighted by atomic mass is 10.1. The Labute approximate surface area is 181 Å². The zero-order valence-electron chi connectivity index (χ0n) is 17.3. The number of hydrogen-bond acceptors (Lipinski definition) is 6. The van der Waals surface area contributed by atoms with Gasteiger partial charge < -0.3 is 14.5 Å². The van der Waals surface area contributed by atoms with Crippen LogP contribution in [0.25, 0.3) is 10.2 Å². The van der Waals surface area contributed by atoms with E-state index in [4.69, 9.17) is 9.72 Å². The Balaban J connectivity index is 1.48. The highest BCUT2D eigenvalue weighted by molar-refractivity contribution is 7.18. The highest BCUT2D eigenvalue weighted by Crippen LogP contribution is 2.36. The maximum absolute atomic E-state index is 11.8. The lowest BCUT2D eigenvalue weighted by Gasteiger charge is -2.31. The molecule has 0 bridgehead atoms. The molecule has 5 nitrogen and oxygen atoms in total. The summed E-state index contributed by atoms with van der Waals surface area (Å²) in [7, 11) is 2.17. The molecule has 1 atom stereocenters. The number of hydrogen-bond donors (Lipinski definition) is 0. The first kappa shape index (κ1) is 19.7. The lowest BCUT2D eigenvalue weighted by molar-refractivity contribution is -0.116. The van der Waals surface area contributed by atoms with Crippen molar-refractivity contribution in [3.8, 4) is 0 Å². The standard InChI is InChI=1S/C24H27N3O2S/c1-26-12-10-20(11-13-26)29-23(24-25-21-7-2-3-8-22(21)30-24)17-5-4-6-18(15-17)27-14-9-19(28)16-27/h2-8,15,20,23H,9-14,16H2,1H3. The fourth-order valence-electron chi connectivity index (χ4n) is 4.33. The van der Waals surface area contributed by atoms with Crippen LogP contribution < -0.4 is 4.90 Å². The van der Waals surface area contributed by atoms with E-state index in [0.717, 1.165) is 54.3 Å². The van der Waals surface area contributed by atoms with Gasteiger partial charge in [0.25, 0.3) is 0 Å². The maximum atomic E-state index is 11.8. The summed E-state index contributed by atoms with van der Waals surface area (Å²) in [6.45, 7) is 3.43. The number of para-hydroxylation sites is 1. The third-order valence-corrected chi connectivity index (χ3v) is 7.17. The zero-order chi connectivity index (χ0) is 20.5. The van der Waals surface area contributed by atoms with Crippen molar-refractivity contribution in [1.29, 1.82) is 0 Å². The highest BCUT2D eigenvalue weighted by Gasteiger charge is 2.27. The molecular weight excluding hydrogens is 394 g/mol. The molecule has 0 N–H and O–H groups in total. The molecule has 30 heavy (non-hydrogen) atoms. The average molecular weight is 422 g/mol. The number of ether oxygens (including phenoxy) is 1. The number of ketones is 1. The number of nitrogens with zero attached hydrogens (tertiary/aromatic N) is 3. The Kier molecular flexibility index (Phi) is 5.54. The van der Waals surface area contributed by atoms with Gasteiger partial charge in [-0.25, -0.2) is 4.98 Å². The van der Waals surface area contributed by atoms with E-state index in [9.17, 15) is 4.79 Å². The highest BCUT2D eigenvalue weighted by atomic mass is 32.1. The average Bonchev–Trinajstić information content (AvgIpc) is 3.39. The summed E-state index contributed by atoms with van der Waals surface area (Å²) >= 11 is 1.71. The second-order valence-electron chi connectivity index (χ2n) is 8.34. The van der Waals surface area contributed by atoms with Crippen LogP contribution in [0.4, 0.5) is 5.69 Å². The van der Waals surface area contributed by atoms with Crippen LogP contribution in [0, 0.1) is 0 Å². The number of carbonyl (C=O) groups is 1. The molecule has 2 aromatic carbocycles. The molecule has 1 aromatic heterocycles. The summed E-state index contributed by atoms with van der Waals surface area (Å²) in [5.41, 5.74) is 3.23. The smallest absolute Gasteiger partial charge is 0.153 e. The molecule has 5 rings (SSSR count). The zero-order valence-corrected chi connectivity index (χ0v) is 18.1. The fourth-order valence-corrected chi connectivity index (χ4v) is 5.36. The molecule has 1 unspecified atom stereocenters. The summed E-state index contributed by atoms with van der Waals surface area (Å²) in [6.07, 6.45) is 2.76. The molecule has 0 radical (unpaired) electrons. The Hall–Kier alpha value is -2.28. The predicted octanol–water partition coefficient (Wildman–Crippen LogP) is 4.28. The van der Waals surface area contributed by atoms with Crippen LogP contribution in [0.2, 0.25) is 0 Å². The molecule has 3 aromatic rings. The topological polar surface area (TPSA) is 45.7 Å². The Morgan fingerprint density at radius 3 is 2.70 bits per heavy atom. The van der Waals surface area contributed by atoms with Crippen LogP contribution in [0.3, 0.4) is 0 Å². The summed E-state index contributed by atoms with van der Waals surface area (Å²) in [4.78, 5) is 21.2. The van der Waals surface area contributed by atoms with Crippen LogP contribution in [-0.2, 0) is 9.53 Å². The summed E-state index contributed by atoms with van der Waals surface area (Å²) in [5, 5.41) is 1.00. The fraction of sp³-hybridized carbons (Fsp3) is 0.417. The van der Waals surface area contributed by atoms with E-state index in [1.54, 1.807) is 11.3 Å². The number of likely N-dealkylation sites (tertiary alicyclic amines) is 1. The Morgan fingerprint density at radius 1 is 1.10 bits per heavy atom. The van der Waals surface area contributed by atoms with Gasteiger partial charge >= 0.3 is 0 Å². The van der Waals surface area contributed by atoms with Gasteiger partial charge in [0.05, 0.1) is 22.9 Å². The lowest BCUT2D eigenvalue weighted by Crippen LogP contribution is -2.35. The molecule has 156 valence electrons. The molecule has 2 aliphatic heterocycles. The number of anilines is 1. The van der Waals surface area contributed by atoms with Crippen molar-refractivity contribution >= 4 is 33.0 Å². The van der Waals surface area contributed by atoms with Gasteiger partial charge in [-0.1, -0.05) is 24.3 Å². The molecule has 2 fully saturated rings. The van der Waals surface area contributed by atoms with Crippen molar-refractivity contribution < 1.29 is 9.53 Å². The minimum Gasteiger partial charge on any atom is -0.364 e. The largest absolute Gasteiger partial charge is 0.364 e. The minimum atomic E-state index is -0.186. The van der Waals surface area contributed by atoms with Crippen molar-refractivity contribution in [2.24, 2.45) is 0 Å². The van der Waals surface area contributed by atoms with Crippen LogP contribution in [0.5, 0.6) is 0 Å². The van der Waals surface area contributed by atoms with Crippen molar-refractivity contribution in [3.63, 3.8) is 0 Å². The predicted molar refractivity (Wildman–Crippen MR) is 121 cm³/mol. The molecule has 2 aliphatic rings. The van der Waals surface area contributed by atoms with Gasteiger partial charge in [-0.3, -0.25) is 4.79 Å². The molecule has 6 heteroatoms. The van der Waals surface area contributed by atoms with Crippen molar-refractivity contribution in [3.05, 3.63) is 59.1 Å². The number of benzene rings is 2. The first-order valence-corrected chi connectivity index (χ1v) is 11.5. The van der Waals surface area contributed by atoms with Gasteiger partial charge in [-0.2, -0.15) is 0 Å². The van der Waals surface area contributed by atoms with Crippen LogP contribution >= 0.6 is 11.3 Å². The molecular formula is C24H27N3O2S. The molecule has 0 amide bonds. The molecule has 0 aliphatic carbocycles. The van der Waals surface area contributed by atoms with Crippen molar-refractivity contribution in [2.75, 3.05) is 38.1 Å². The second-order valence-corrected chi connectivity index (χ2v) is 9.41. The van der Waals surface area contributed by atoms with E-state index in [-0.39, 0.29) is 12.2 Å². The quantitative estimate of drug-likeness (QED) is 0.615. The first-order valence-electron chi connectivity index (χ1n) is 10.7. The SMILES string of the molecule is CN1CCC(OC(c2cccc(N3CCC(=O)C3)c2)c2nc3ccccc3s2)CC1. The number of thiazole rings is 1. The second kappa shape index (κ2) is 8.46. The Bertz CT molecular complexity index is 1010. The summed E-state index contributed by atoms with van der Waals surface area (Å²) in [5.74, 6) is 0.311. The Morgan fingerprint density at radius 2 is 1.93 bits per heavy atom. The maximum Gasteiger partial charge on any atom is 0.153 e. The van der Waals surface area contributed by atoms with Gasteiger partial charge in [0.15, 0.2) is 5.78 Å². The molecule has 0 saturated carbocycles. The van der Waals surface area contributed by atoms with E-state index in [1.807, 2.05) is 6.07 Å². The van der Waals surface area contributed by atoms with Gasteiger partial charge in [0.1, 0.15) is 11.1 Å². The molecule has 0 spiro atoms. The van der Waals surface area contributed by atoms with Crippen molar-refractivity contribution in [1.82, 2.24) is 9.88 Å². The van der Waals surface area contributed by atoms with Crippen LogP contribution in [-0.4, -0.2) is 55.0 Å². The normalized spacial score (nSPS) is 19.6. The van der Waals surface area contributed by atoms with Gasteiger partial charge in [-0.15, -0.1) is 11.3 Å². The van der Waals surface area contributed by atoms with E-state index < -0.39 is 0 Å². The number of aromatic nitrogens is 1. The number of carbonyl (C=O) groups excluding carboxylic acids is 1. The van der Waals surface area contributed by atoms with E-state index in [0.29, 0.717) is 18.7 Å². The molecule has 2 saturated heterocycles. The van der Waals surface area contributed by atoms with E-state index >= 15 is 0 Å². The number of Topliss-reactive ketones (excluding diaryl/α,β-unsaturated/α-hetero) is 1. The van der Waals surface area contributed by atoms with E-state index in [2.05, 4.69) is 59.3 Å². The van der Waals surface area contributed by atoms with Gasteiger partial charge in [-0.05, 0) is 49.7 Å². The minimum absolute atomic E-state index is 0.186. The number of fused-ring (bicyclic) bond motifs is 1. The third-order valence-electron chi connectivity index (χ3n) is 6.09.